The van der Waals surface area contributed by atoms with Gasteiger partial charge in [-0.1, -0.05) is 12.1 Å². The van der Waals surface area contributed by atoms with E-state index in [0.717, 1.165) is 18.5 Å². The topological polar surface area (TPSA) is 55.6 Å². The van der Waals surface area contributed by atoms with E-state index in [4.69, 9.17) is 10.5 Å². The van der Waals surface area contributed by atoms with Crippen molar-refractivity contribution in [1.29, 1.82) is 0 Å². The number of amides is 1. The Bertz CT molecular complexity index is 639. The lowest BCUT2D eigenvalue weighted by Crippen LogP contribution is -2.38. The second-order valence-electron chi connectivity index (χ2n) is 5.07. The number of benzene rings is 1. The van der Waals surface area contributed by atoms with Crippen molar-refractivity contribution >= 4 is 17.2 Å². The van der Waals surface area contributed by atoms with E-state index in [1.54, 1.807) is 11.3 Å². The molecule has 4 nitrogen and oxygen atoms in total. The first-order valence-corrected chi connectivity index (χ1v) is 7.89. The van der Waals surface area contributed by atoms with Gasteiger partial charge in [-0.15, -0.1) is 11.3 Å². The zero-order valence-corrected chi connectivity index (χ0v) is 12.6. The van der Waals surface area contributed by atoms with Gasteiger partial charge in [-0.2, -0.15) is 0 Å². The van der Waals surface area contributed by atoms with Crippen LogP contribution in [0, 0.1) is 0 Å². The van der Waals surface area contributed by atoms with Crippen LogP contribution in [0.2, 0.25) is 0 Å². The highest BCUT2D eigenvalue weighted by Gasteiger charge is 2.21. The first-order chi connectivity index (χ1) is 10.3. The maximum atomic E-state index is 12.2. The molecule has 0 atom stereocenters. The number of rotatable bonds is 4. The highest BCUT2D eigenvalue weighted by Crippen LogP contribution is 2.24. The lowest BCUT2D eigenvalue weighted by atomic mass is 10.1. The summed E-state index contributed by atoms with van der Waals surface area (Å²) in [6, 6.07) is 9.66. The van der Waals surface area contributed by atoms with Gasteiger partial charge in [-0.3, -0.25) is 4.79 Å². The van der Waals surface area contributed by atoms with Crippen LogP contribution in [0.25, 0.3) is 0 Å². The smallest absolute Gasteiger partial charge is 0.260 e. The maximum absolute atomic E-state index is 12.2. The van der Waals surface area contributed by atoms with E-state index in [9.17, 15) is 4.79 Å². The van der Waals surface area contributed by atoms with Crippen LogP contribution in [0.3, 0.4) is 0 Å². The predicted octanol–water partition coefficient (Wildman–Crippen LogP) is 2.17. The van der Waals surface area contributed by atoms with Crippen molar-refractivity contribution in [1.82, 2.24) is 4.90 Å². The summed E-state index contributed by atoms with van der Waals surface area (Å²) in [6.45, 7) is 2.02. The van der Waals surface area contributed by atoms with Crippen molar-refractivity contribution < 1.29 is 9.53 Å². The van der Waals surface area contributed by atoms with Crippen LogP contribution in [-0.4, -0.2) is 24.0 Å². The van der Waals surface area contributed by atoms with E-state index in [1.807, 2.05) is 29.2 Å². The average Bonchev–Trinajstić information content (AvgIpc) is 3.00. The first-order valence-electron chi connectivity index (χ1n) is 7.01. The Balaban J connectivity index is 1.57. The van der Waals surface area contributed by atoms with Crippen LogP contribution < -0.4 is 10.5 Å². The molecule has 0 saturated heterocycles. The molecule has 1 aliphatic heterocycles. The van der Waals surface area contributed by atoms with Gasteiger partial charge in [0.15, 0.2) is 6.61 Å². The number of nitrogens with two attached hydrogens (primary N) is 1. The van der Waals surface area contributed by atoms with Gasteiger partial charge in [0.1, 0.15) is 5.75 Å². The van der Waals surface area contributed by atoms with Crippen LogP contribution in [0.15, 0.2) is 35.7 Å². The monoisotopic (exact) mass is 302 g/mol. The zero-order valence-electron chi connectivity index (χ0n) is 11.7. The fourth-order valence-corrected chi connectivity index (χ4v) is 3.35. The molecule has 0 fully saturated rings. The van der Waals surface area contributed by atoms with Crippen molar-refractivity contribution in [2.45, 2.75) is 19.5 Å². The molecule has 0 aliphatic carbocycles. The average molecular weight is 302 g/mol. The van der Waals surface area contributed by atoms with Crippen LogP contribution >= 0.6 is 11.3 Å². The van der Waals surface area contributed by atoms with Crippen molar-refractivity contribution in [3.05, 3.63) is 51.7 Å². The third kappa shape index (κ3) is 3.25. The summed E-state index contributed by atoms with van der Waals surface area (Å²) < 4.78 is 5.59. The molecule has 0 bridgehead atoms. The summed E-state index contributed by atoms with van der Waals surface area (Å²) in [5, 5.41) is 2.09. The molecule has 2 heterocycles. The van der Waals surface area contributed by atoms with Crippen molar-refractivity contribution in [3.8, 4) is 5.75 Å². The standard InChI is InChI=1S/C16H18N2O2S/c17-9-12-2-1-3-14(8-12)20-11-16(19)18-6-4-15-13(10-18)5-7-21-15/h1-3,5,7-8H,4,6,9-11,17H2. The minimum atomic E-state index is 0.0324. The molecule has 0 saturated carbocycles. The number of hydrogen-bond donors (Lipinski definition) is 1. The number of nitrogens with zero attached hydrogens (tertiary/aromatic N) is 1. The van der Waals surface area contributed by atoms with Gasteiger partial charge in [0, 0.05) is 24.5 Å². The Hall–Kier alpha value is -1.85. The molecule has 2 aromatic rings. The number of fused-ring (bicyclic) bond motifs is 1. The molecule has 0 spiro atoms. The fraction of sp³-hybridized carbons (Fsp3) is 0.312. The first kappa shape index (κ1) is 14.1. The quantitative estimate of drug-likeness (QED) is 0.941. The second kappa shape index (κ2) is 6.28. The summed E-state index contributed by atoms with van der Waals surface area (Å²) in [7, 11) is 0. The van der Waals surface area contributed by atoms with Gasteiger partial charge in [0.05, 0.1) is 0 Å². The molecule has 110 valence electrons. The molecular formula is C16H18N2O2S. The number of thiophene rings is 1. The van der Waals surface area contributed by atoms with Crippen molar-refractivity contribution in [2.24, 2.45) is 5.73 Å². The molecule has 1 amide bonds. The molecule has 0 unspecified atom stereocenters. The highest BCUT2D eigenvalue weighted by molar-refractivity contribution is 7.10. The second-order valence-corrected chi connectivity index (χ2v) is 6.08. The van der Waals surface area contributed by atoms with Gasteiger partial charge >= 0.3 is 0 Å². The fourth-order valence-electron chi connectivity index (χ4n) is 2.46. The minimum Gasteiger partial charge on any atom is -0.484 e. The molecule has 1 aromatic heterocycles. The van der Waals surface area contributed by atoms with E-state index in [-0.39, 0.29) is 12.5 Å². The molecule has 3 rings (SSSR count). The summed E-state index contributed by atoms with van der Waals surface area (Å²) >= 11 is 1.77. The largest absolute Gasteiger partial charge is 0.484 e. The highest BCUT2D eigenvalue weighted by atomic mass is 32.1. The van der Waals surface area contributed by atoms with Gasteiger partial charge < -0.3 is 15.4 Å². The summed E-state index contributed by atoms with van der Waals surface area (Å²) in [4.78, 5) is 15.5. The number of hydrogen-bond acceptors (Lipinski definition) is 4. The number of carbonyl (C=O) groups is 1. The number of carbonyl (C=O) groups excluding carboxylic acids is 1. The van der Waals surface area contributed by atoms with Crippen LogP contribution in [0.1, 0.15) is 16.0 Å². The zero-order chi connectivity index (χ0) is 14.7. The van der Waals surface area contributed by atoms with E-state index in [1.165, 1.54) is 10.4 Å². The molecule has 1 aromatic carbocycles. The third-order valence-corrected chi connectivity index (χ3v) is 4.68. The Morgan fingerprint density at radius 1 is 1.38 bits per heavy atom. The molecule has 21 heavy (non-hydrogen) atoms. The van der Waals surface area contributed by atoms with Crippen LogP contribution in [0.5, 0.6) is 5.75 Å². The summed E-state index contributed by atoms with van der Waals surface area (Å²) in [5.41, 5.74) is 7.87. The Kier molecular flexibility index (Phi) is 4.22. The number of ether oxygens (including phenoxy) is 1. The van der Waals surface area contributed by atoms with Crippen molar-refractivity contribution in [2.75, 3.05) is 13.2 Å². The Morgan fingerprint density at radius 2 is 2.29 bits per heavy atom. The van der Waals surface area contributed by atoms with E-state index < -0.39 is 0 Å². The van der Waals surface area contributed by atoms with Gasteiger partial charge in [-0.05, 0) is 41.1 Å². The summed E-state index contributed by atoms with van der Waals surface area (Å²) in [5.74, 6) is 0.726. The SMILES string of the molecule is NCc1cccc(OCC(=O)N2CCc3sccc3C2)c1. The van der Waals surface area contributed by atoms with E-state index >= 15 is 0 Å². The van der Waals surface area contributed by atoms with Crippen molar-refractivity contribution in [3.63, 3.8) is 0 Å². The Labute approximate surface area is 128 Å². The van der Waals surface area contributed by atoms with E-state index in [2.05, 4.69) is 11.4 Å². The Morgan fingerprint density at radius 3 is 3.14 bits per heavy atom. The van der Waals surface area contributed by atoms with Gasteiger partial charge in [0.25, 0.3) is 5.91 Å². The van der Waals surface area contributed by atoms with Gasteiger partial charge in [-0.25, -0.2) is 0 Å². The lowest BCUT2D eigenvalue weighted by Gasteiger charge is -2.27. The molecule has 2 N–H and O–H groups in total. The third-order valence-electron chi connectivity index (χ3n) is 3.66. The molecular weight excluding hydrogens is 284 g/mol. The lowest BCUT2D eigenvalue weighted by molar-refractivity contribution is -0.134. The predicted molar refractivity (Wildman–Crippen MR) is 83.3 cm³/mol. The van der Waals surface area contributed by atoms with Crippen LogP contribution in [-0.2, 0) is 24.3 Å². The molecule has 0 radical (unpaired) electrons. The summed E-state index contributed by atoms with van der Waals surface area (Å²) in [6.07, 6.45) is 0.946. The molecule has 1 aliphatic rings. The minimum absolute atomic E-state index is 0.0324. The van der Waals surface area contributed by atoms with Crippen LogP contribution in [0.4, 0.5) is 0 Å². The molecule has 5 heteroatoms. The van der Waals surface area contributed by atoms with E-state index in [0.29, 0.717) is 18.8 Å². The normalized spacial score (nSPS) is 13.9. The van der Waals surface area contributed by atoms with Gasteiger partial charge in [0.2, 0.25) is 0 Å². The maximum Gasteiger partial charge on any atom is 0.260 e.